The number of hydrogen-bond donors (Lipinski definition) is 1. The molecule has 0 aliphatic carbocycles. The predicted molar refractivity (Wildman–Crippen MR) is 68.8 cm³/mol. The summed E-state index contributed by atoms with van der Waals surface area (Å²) in [5.41, 5.74) is 0.454. The molecule has 0 aliphatic rings. The minimum atomic E-state index is -0.519. The molecular weight excluding hydrogens is 318 g/mol. The van der Waals surface area contributed by atoms with Gasteiger partial charge in [-0.15, -0.1) is 0 Å². The van der Waals surface area contributed by atoms with Crippen molar-refractivity contribution in [1.29, 1.82) is 0 Å². The van der Waals surface area contributed by atoms with Crippen molar-refractivity contribution in [2.45, 2.75) is 6.61 Å². The van der Waals surface area contributed by atoms with Crippen LogP contribution in [0.25, 0.3) is 0 Å². The Balaban J connectivity index is 2.26. The normalized spacial score (nSPS) is 10.2. The summed E-state index contributed by atoms with van der Waals surface area (Å²) in [5.74, 6) is 0.242. The number of aromatic nitrogens is 2. The van der Waals surface area contributed by atoms with E-state index in [9.17, 15) is 10.1 Å². The second kappa shape index (κ2) is 5.72. The van der Waals surface area contributed by atoms with Crippen LogP contribution in [-0.4, -0.2) is 20.0 Å². The fourth-order valence-electron chi connectivity index (χ4n) is 1.26. The van der Waals surface area contributed by atoms with Crippen molar-refractivity contribution < 1.29 is 14.8 Å². The van der Waals surface area contributed by atoms with E-state index in [0.717, 1.165) is 0 Å². The molecule has 0 atom stereocenters. The molecule has 0 amide bonds. The third kappa shape index (κ3) is 3.24. The Hall–Kier alpha value is -2.06. The Kier molecular flexibility index (Phi) is 4.03. The van der Waals surface area contributed by atoms with Crippen molar-refractivity contribution in [1.82, 2.24) is 9.97 Å². The SMILES string of the molecule is O=[N+]([O-])c1ccc(Br)c(Oc2ncc(CO)cn2)c1. The van der Waals surface area contributed by atoms with Gasteiger partial charge in [-0.25, -0.2) is 9.97 Å². The second-order valence-corrected chi connectivity index (χ2v) is 4.36. The van der Waals surface area contributed by atoms with E-state index in [1.807, 2.05) is 0 Å². The summed E-state index contributed by atoms with van der Waals surface area (Å²) in [7, 11) is 0. The van der Waals surface area contributed by atoms with E-state index in [0.29, 0.717) is 10.0 Å². The molecule has 0 saturated carbocycles. The Labute approximate surface area is 116 Å². The lowest BCUT2D eigenvalue weighted by atomic mass is 10.3. The van der Waals surface area contributed by atoms with E-state index in [1.54, 1.807) is 0 Å². The molecule has 98 valence electrons. The summed E-state index contributed by atoms with van der Waals surface area (Å²) < 4.78 is 5.89. The van der Waals surface area contributed by atoms with E-state index in [-0.39, 0.29) is 24.1 Å². The van der Waals surface area contributed by atoms with E-state index >= 15 is 0 Å². The van der Waals surface area contributed by atoms with Crippen LogP contribution in [0.3, 0.4) is 0 Å². The van der Waals surface area contributed by atoms with Crippen LogP contribution in [0.2, 0.25) is 0 Å². The Morgan fingerprint density at radius 2 is 2.05 bits per heavy atom. The molecule has 1 heterocycles. The highest BCUT2D eigenvalue weighted by atomic mass is 79.9. The molecule has 7 nitrogen and oxygen atoms in total. The van der Waals surface area contributed by atoms with Gasteiger partial charge < -0.3 is 9.84 Å². The number of ether oxygens (including phenoxy) is 1. The lowest BCUT2D eigenvalue weighted by Gasteiger charge is -2.05. The first-order valence-electron chi connectivity index (χ1n) is 5.13. The van der Waals surface area contributed by atoms with Crippen molar-refractivity contribution in [2.24, 2.45) is 0 Å². The molecule has 0 radical (unpaired) electrons. The monoisotopic (exact) mass is 325 g/mol. The van der Waals surface area contributed by atoms with Crippen LogP contribution in [0, 0.1) is 10.1 Å². The summed E-state index contributed by atoms with van der Waals surface area (Å²) in [6, 6.07) is 4.17. The minimum Gasteiger partial charge on any atom is -0.423 e. The summed E-state index contributed by atoms with van der Waals surface area (Å²) >= 11 is 3.22. The molecular formula is C11H8BrN3O4. The average molecular weight is 326 g/mol. The maximum Gasteiger partial charge on any atom is 0.321 e. The molecule has 1 N–H and O–H groups in total. The van der Waals surface area contributed by atoms with Crippen LogP contribution in [-0.2, 0) is 6.61 Å². The number of aliphatic hydroxyl groups is 1. The average Bonchev–Trinajstić information content (AvgIpc) is 2.42. The third-order valence-electron chi connectivity index (χ3n) is 2.19. The first-order chi connectivity index (χ1) is 9.10. The Morgan fingerprint density at radius 1 is 1.37 bits per heavy atom. The zero-order chi connectivity index (χ0) is 13.8. The molecule has 0 spiro atoms. The van der Waals surface area contributed by atoms with Crippen molar-refractivity contribution in [3.8, 4) is 11.8 Å². The van der Waals surface area contributed by atoms with Gasteiger partial charge in [0.05, 0.1) is 22.1 Å². The van der Waals surface area contributed by atoms with Gasteiger partial charge in [0.2, 0.25) is 0 Å². The maximum atomic E-state index is 10.7. The third-order valence-corrected chi connectivity index (χ3v) is 2.85. The van der Waals surface area contributed by atoms with Crippen LogP contribution in [0.15, 0.2) is 35.1 Å². The number of benzene rings is 1. The van der Waals surface area contributed by atoms with Gasteiger partial charge in [0.1, 0.15) is 0 Å². The molecule has 0 fully saturated rings. The Bertz CT molecular complexity index is 603. The number of non-ortho nitro benzene ring substituents is 1. The van der Waals surface area contributed by atoms with Gasteiger partial charge in [0.15, 0.2) is 5.75 Å². The summed E-state index contributed by atoms with van der Waals surface area (Å²) in [6.07, 6.45) is 2.82. The number of rotatable bonds is 4. The highest BCUT2D eigenvalue weighted by Gasteiger charge is 2.12. The molecule has 0 unspecified atom stereocenters. The van der Waals surface area contributed by atoms with Gasteiger partial charge in [-0.2, -0.15) is 0 Å². The molecule has 8 heteroatoms. The van der Waals surface area contributed by atoms with Gasteiger partial charge in [0, 0.05) is 24.0 Å². The molecule has 0 aliphatic heterocycles. The number of nitro groups is 1. The highest BCUT2D eigenvalue weighted by molar-refractivity contribution is 9.10. The predicted octanol–water partition coefficient (Wildman–Crippen LogP) is 2.43. The van der Waals surface area contributed by atoms with E-state index in [1.165, 1.54) is 30.6 Å². The van der Waals surface area contributed by atoms with Gasteiger partial charge >= 0.3 is 6.01 Å². The first kappa shape index (κ1) is 13.4. The minimum absolute atomic E-state index is 0.0402. The molecule has 2 aromatic rings. The molecule has 0 saturated heterocycles. The number of nitro benzene ring substituents is 1. The molecule has 1 aromatic carbocycles. The summed E-state index contributed by atoms with van der Waals surface area (Å²) in [5, 5.41) is 19.5. The molecule has 2 rings (SSSR count). The van der Waals surface area contributed by atoms with Crippen LogP contribution < -0.4 is 4.74 Å². The van der Waals surface area contributed by atoms with Crippen molar-refractivity contribution in [3.63, 3.8) is 0 Å². The number of aliphatic hydroxyl groups excluding tert-OH is 1. The van der Waals surface area contributed by atoms with Crippen LogP contribution in [0.5, 0.6) is 11.8 Å². The van der Waals surface area contributed by atoms with Gasteiger partial charge in [-0.3, -0.25) is 10.1 Å². The second-order valence-electron chi connectivity index (χ2n) is 3.51. The van der Waals surface area contributed by atoms with E-state index in [2.05, 4.69) is 25.9 Å². The lowest BCUT2D eigenvalue weighted by Crippen LogP contribution is -1.95. The molecule has 0 bridgehead atoms. The summed E-state index contributed by atoms with van der Waals surface area (Å²) in [6.45, 7) is -0.166. The van der Waals surface area contributed by atoms with Crippen molar-refractivity contribution >= 4 is 21.6 Å². The van der Waals surface area contributed by atoms with E-state index < -0.39 is 4.92 Å². The largest absolute Gasteiger partial charge is 0.423 e. The zero-order valence-corrected chi connectivity index (χ0v) is 11.1. The number of hydrogen-bond acceptors (Lipinski definition) is 6. The fraction of sp³-hybridized carbons (Fsp3) is 0.0909. The van der Waals surface area contributed by atoms with Crippen molar-refractivity contribution in [2.75, 3.05) is 0 Å². The first-order valence-corrected chi connectivity index (χ1v) is 5.93. The Morgan fingerprint density at radius 3 is 2.63 bits per heavy atom. The number of nitrogens with zero attached hydrogens (tertiary/aromatic N) is 3. The van der Waals surface area contributed by atoms with Crippen molar-refractivity contribution in [3.05, 3.63) is 50.7 Å². The fourth-order valence-corrected chi connectivity index (χ4v) is 1.59. The zero-order valence-electron chi connectivity index (χ0n) is 9.49. The van der Waals surface area contributed by atoms with E-state index in [4.69, 9.17) is 9.84 Å². The lowest BCUT2D eigenvalue weighted by molar-refractivity contribution is -0.384. The van der Waals surface area contributed by atoms with Crippen LogP contribution in [0.4, 0.5) is 5.69 Å². The number of halogens is 1. The molecule has 19 heavy (non-hydrogen) atoms. The standard InChI is InChI=1S/C11H8BrN3O4/c12-9-2-1-8(15(17)18)3-10(9)19-11-13-4-7(6-16)5-14-11/h1-5,16H,6H2. The summed E-state index contributed by atoms with van der Waals surface area (Å²) in [4.78, 5) is 17.9. The molecule has 1 aromatic heterocycles. The quantitative estimate of drug-likeness (QED) is 0.684. The van der Waals surface area contributed by atoms with Crippen LogP contribution >= 0.6 is 15.9 Å². The van der Waals surface area contributed by atoms with Crippen LogP contribution in [0.1, 0.15) is 5.56 Å². The van der Waals surface area contributed by atoms with Gasteiger partial charge in [-0.1, -0.05) is 0 Å². The maximum absolute atomic E-state index is 10.7. The smallest absolute Gasteiger partial charge is 0.321 e. The van der Waals surface area contributed by atoms with Gasteiger partial charge in [-0.05, 0) is 22.0 Å². The topological polar surface area (TPSA) is 98.4 Å². The van der Waals surface area contributed by atoms with Gasteiger partial charge in [0.25, 0.3) is 5.69 Å². The highest BCUT2D eigenvalue weighted by Crippen LogP contribution is 2.31.